The topological polar surface area (TPSA) is 85.3 Å². The van der Waals surface area contributed by atoms with Gasteiger partial charge >= 0.3 is 0 Å². The molecule has 37 heavy (non-hydrogen) atoms. The number of halogens is 2. The third-order valence-electron chi connectivity index (χ3n) is 5.34. The van der Waals surface area contributed by atoms with Crippen molar-refractivity contribution < 1.29 is 22.7 Å². The summed E-state index contributed by atoms with van der Waals surface area (Å²) in [6.45, 7) is 2.30. The Bertz CT molecular complexity index is 1490. The van der Waals surface area contributed by atoms with E-state index in [0.29, 0.717) is 27.0 Å². The molecule has 1 aliphatic heterocycles. The van der Waals surface area contributed by atoms with Crippen molar-refractivity contribution in [2.45, 2.75) is 18.4 Å². The molecule has 0 bridgehead atoms. The maximum absolute atomic E-state index is 13.0. The second-order valence-electron chi connectivity index (χ2n) is 7.75. The number of carbonyl (C=O) groups is 1. The van der Waals surface area contributed by atoms with Crippen LogP contribution in [0.25, 0.3) is 6.08 Å². The molecule has 4 rings (SSSR count). The van der Waals surface area contributed by atoms with E-state index in [1.54, 1.807) is 49.4 Å². The number of nitrogens with zero attached hydrogens (tertiary/aromatic N) is 2. The van der Waals surface area contributed by atoms with Gasteiger partial charge in [0.15, 0.2) is 16.7 Å². The molecule has 0 unspecified atom stereocenters. The Morgan fingerprint density at radius 3 is 2.49 bits per heavy atom. The fourth-order valence-corrected chi connectivity index (χ4v) is 6.13. The number of benzene rings is 3. The largest absolute Gasteiger partial charge is 0.493 e. The van der Waals surface area contributed by atoms with Crippen LogP contribution in [0.15, 0.2) is 85.4 Å². The summed E-state index contributed by atoms with van der Waals surface area (Å²) in [6.07, 6.45) is 1.67. The molecular weight excluding hydrogens is 600 g/mol. The first kappa shape index (κ1) is 27.3. The standard InChI is InChI=1S/C26H22BrClN2O5S2/c1-3-30-25(31)24(36-26(30)29-37(32,33)20-11-9-19(27)10-12-20)15-17-8-13-22(23(14-17)34-2)35-16-18-6-4-5-7-21(18)28/h4-15H,3,16H2,1-2H3/b24-15-,29-26?. The average molecular weight is 622 g/mol. The van der Waals surface area contributed by atoms with Crippen LogP contribution in [0.5, 0.6) is 11.5 Å². The predicted molar refractivity (Wildman–Crippen MR) is 150 cm³/mol. The number of sulfonamides is 1. The van der Waals surface area contributed by atoms with Crippen molar-refractivity contribution in [3.8, 4) is 11.5 Å². The molecule has 0 spiro atoms. The van der Waals surface area contributed by atoms with E-state index in [2.05, 4.69) is 20.3 Å². The molecule has 1 aliphatic rings. The van der Waals surface area contributed by atoms with Gasteiger partial charge in [0.05, 0.1) is 16.9 Å². The zero-order valence-electron chi connectivity index (χ0n) is 19.9. The van der Waals surface area contributed by atoms with Gasteiger partial charge in [0.25, 0.3) is 15.9 Å². The monoisotopic (exact) mass is 620 g/mol. The van der Waals surface area contributed by atoms with Crippen LogP contribution in [0.1, 0.15) is 18.1 Å². The van der Waals surface area contributed by atoms with E-state index in [1.807, 2.05) is 18.2 Å². The molecule has 1 amide bonds. The van der Waals surface area contributed by atoms with Crippen molar-refractivity contribution in [3.05, 3.63) is 92.3 Å². The lowest BCUT2D eigenvalue weighted by molar-refractivity contribution is -0.122. The van der Waals surface area contributed by atoms with Crippen LogP contribution in [0.2, 0.25) is 5.02 Å². The number of ether oxygens (including phenoxy) is 2. The van der Waals surface area contributed by atoms with Crippen molar-refractivity contribution in [3.63, 3.8) is 0 Å². The molecule has 7 nitrogen and oxygen atoms in total. The molecule has 3 aromatic rings. The third-order valence-corrected chi connectivity index (χ3v) is 8.64. The lowest BCUT2D eigenvalue weighted by Gasteiger charge is -2.12. The minimum absolute atomic E-state index is 0.0434. The molecule has 1 saturated heterocycles. The first-order valence-electron chi connectivity index (χ1n) is 11.1. The van der Waals surface area contributed by atoms with E-state index in [-0.39, 0.29) is 29.1 Å². The highest BCUT2D eigenvalue weighted by Gasteiger charge is 2.34. The fraction of sp³-hybridized carbons (Fsp3) is 0.154. The summed E-state index contributed by atoms with van der Waals surface area (Å²) in [5, 5.41) is 0.716. The number of carbonyl (C=O) groups excluding carboxylic acids is 1. The van der Waals surface area contributed by atoms with Crippen molar-refractivity contribution in [2.75, 3.05) is 13.7 Å². The van der Waals surface area contributed by atoms with E-state index in [9.17, 15) is 13.2 Å². The van der Waals surface area contributed by atoms with Gasteiger partial charge in [0.1, 0.15) is 6.61 Å². The molecule has 11 heteroatoms. The Hall–Kier alpha value is -2.79. The van der Waals surface area contributed by atoms with Gasteiger partial charge in [-0.15, -0.1) is 4.40 Å². The van der Waals surface area contributed by atoms with Crippen molar-refractivity contribution in [1.29, 1.82) is 0 Å². The highest BCUT2D eigenvalue weighted by atomic mass is 79.9. The van der Waals surface area contributed by atoms with Gasteiger partial charge in [-0.25, -0.2) is 0 Å². The molecule has 1 heterocycles. The second-order valence-corrected chi connectivity index (χ2v) is 11.7. The summed E-state index contributed by atoms with van der Waals surface area (Å²) >= 11 is 10.5. The average Bonchev–Trinajstić information content (AvgIpc) is 3.16. The van der Waals surface area contributed by atoms with Crippen molar-refractivity contribution >= 4 is 66.5 Å². The Morgan fingerprint density at radius 1 is 1.08 bits per heavy atom. The molecule has 0 aliphatic carbocycles. The number of rotatable bonds is 8. The number of hydrogen-bond acceptors (Lipinski definition) is 6. The lowest BCUT2D eigenvalue weighted by atomic mass is 10.1. The van der Waals surface area contributed by atoms with Crippen LogP contribution < -0.4 is 9.47 Å². The van der Waals surface area contributed by atoms with Crippen LogP contribution in [0.3, 0.4) is 0 Å². The zero-order valence-corrected chi connectivity index (χ0v) is 23.8. The Kier molecular flexibility index (Phi) is 8.63. The minimum Gasteiger partial charge on any atom is -0.493 e. The zero-order chi connectivity index (χ0) is 26.6. The van der Waals surface area contributed by atoms with Crippen LogP contribution in [0.4, 0.5) is 0 Å². The summed E-state index contributed by atoms with van der Waals surface area (Å²) in [6, 6.07) is 18.8. The SMILES string of the molecule is CCN1C(=O)/C(=C/c2ccc(OCc3ccccc3Cl)c(OC)c2)SC1=NS(=O)(=O)c1ccc(Br)cc1. The molecule has 0 atom stereocenters. The fourth-order valence-electron chi connectivity index (χ4n) is 3.43. The first-order valence-corrected chi connectivity index (χ1v) is 14.5. The number of likely N-dealkylation sites (N-methyl/N-ethyl adjacent to an activating group) is 1. The number of amidine groups is 1. The first-order chi connectivity index (χ1) is 17.7. The van der Waals surface area contributed by atoms with Crippen LogP contribution >= 0.6 is 39.3 Å². The van der Waals surface area contributed by atoms with E-state index >= 15 is 0 Å². The molecule has 0 aromatic heterocycles. The smallest absolute Gasteiger partial charge is 0.284 e. The van der Waals surface area contributed by atoms with E-state index in [4.69, 9.17) is 21.1 Å². The number of methoxy groups -OCH3 is 1. The summed E-state index contributed by atoms with van der Waals surface area (Å²) in [4.78, 5) is 14.7. The highest BCUT2D eigenvalue weighted by Crippen LogP contribution is 2.36. The third kappa shape index (κ3) is 6.38. The van der Waals surface area contributed by atoms with Crippen molar-refractivity contribution in [1.82, 2.24) is 4.90 Å². The number of hydrogen-bond donors (Lipinski definition) is 0. The lowest BCUT2D eigenvalue weighted by Crippen LogP contribution is -2.29. The van der Waals surface area contributed by atoms with Gasteiger partial charge in [0.2, 0.25) is 0 Å². The van der Waals surface area contributed by atoms with E-state index in [0.717, 1.165) is 21.8 Å². The van der Waals surface area contributed by atoms with Gasteiger partial charge in [0, 0.05) is 21.6 Å². The van der Waals surface area contributed by atoms with Gasteiger partial charge in [-0.2, -0.15) is 8.42 Å². The summed E-state index contributed by atoms with van der Waals surface area (Å²) in [5.41, 5.74) is 1.53. The highest BCUT2D eigenvalue weighted by molar-refractivity contribution is 9.10. The van der Waals surface area contributed by atoms with Gasteiger partial charge in [-0.3, -0.25) is 9.69 Å². The Morgan fingerprint density at radius 2 is 1.81 bits per heavy atom. The molecule has 192 valence electrons. The molecule has 3 aromatic carbocycles. The molecule has 0 radical (unpaired) electrons. The summed E-state index contributed by atoms with van der Waals surface area (Å²) < 4.78 is 41.7. The molecule has 0 N–H and O–H groups in total. The van der Waals surface area contributed by atoms with Gasteiger partial charge in [-0.1, -0.05) is 51.8 Å². The second kappa shape index (κ2) is 11.7. The van der Waals surface area contributed by atoms with E-state index in [1.165, 1.54) is 24.1 Å². The predicted octanol–water partition coefficient (Wildman–Crippen LogP) is 6.37. The Labute approximate surface area is 233 Å². The van der Waals surface area contributed by atoms with E-state index < -0.39 is 10.0 Å². The molecular formula is C26H22BrClN2O5S2. The van der Waals surface area contributed by atoms with Gasteiger partial charge in [-0.05, 0) is 72.8 Å². The summed E-state index contributed by atoms with van der Waals surface area (Å²) in [5.74, 6) is 0.680. The quantitative estimate of drug-likeness (QED) is 0.272. The Balaban J connectivity index is 1.57. The summed E-state index contributed by atoms with van der Waals surface area (Å²) in [7, 11) is -2.46. The normalized spacial score (nSPS) is 16.0. The number of thioether (sulfide) groups is 1. The van der Waals surface area contributed by atoms with Crippen LogP contribution in [-0.2, 0) is 21.4 Å². The maximum atomic E-state index is 13.0. The van der Waals surface area contributed by atoms with Crippen LogP contribution in [-0.4, -0.2) is 38.0 Å². The molecule has 1 fully saturated rings. The minimum atomic E-state index is -3.99. The van der Waals surface area contributed by atoms with Crippen molar-refractivity contribution in [2.24, 2.45) is 4.40 Å². The molecule has 0 saturated carbocycles. The maximum Gasteiger partial charge on any atom is 0.284 e. The van der Waals surface area contributed by atoms with Gasteiger partial charge < -0.3 is 9.47 Å². The van der Waals surface area contributed by atoms with Crippen LogP contribution in [0, 0.1) is 0 Å². The number of amides is 1.